The van der Waals surface area contributed by atoms with E-state index in [1.807, 2.05) is 0 Å². The summed E-state index contributed by atoms with van der Waals surface area (Å²) in [5, 5.41) is 2.55. The zero-order chi connectivity index (χ0) is 12.3. The molecular weight excluding hydrogens is 208 g/mol. The van der Waals surface area contributed by atoms with Crippen molar-refractivity contribution >= 4 is 10.8 Å². The zero-order valence-corrected chi connectivity index (χ0v) is 10.6. The molecule has 0 aromatic heterocycles. The molecule has 1 unspecified atom stereocenters. The van der Waals surface area contributed by atoms with E-state index in [0.717, 1.165) is 13.0 Å². The van der Waals surface area contributed by atoms with Crippen LogP contribution in [0.2, 0.25) is 0 Å². The van der Waals surface area contributed by atoms with E-state index in [0.29, 0.717) is 0 Å². The molecule has 0 fully saturated rings. The highest BCUT2D eigenvalue weighted by atomic mass is 15.0. The predicted molar refractivity (Wildman–Crippen MR) is 74.0 cm³/mol. The molecule has 0 heterocycles. The summed E-state index contributed by atoms with van der Waals surface area (Å²) < 4.78 is 0. The average molecular weight is 228 g/mol. The van der Waals surface area contributed by atoms with Gasteiger partial charge in [0.05, 0.1) is 0 Å². The van der Waals surface area contributed by atoms with E-state index in [2.05, 4.69) is 61.5 Å². The molecule has 1 atom stereocenters. The predicted octanol–water partition coefficient (Wildman–Crippen LogP) is 2.79. The third kappa shape index (κ3) is 2.84. The topological polar surface area (TPSA) is 29.3 Å². The summed E-state index contributed by atoms with van der Waals surface area (Å²) in [6.45, 7) is 1.02. The van der Waals surface area contributed by atoms with E-state index in [9.17, 15) is 0 Å². The van der Waals surface area contributed by atoms with Crippen LogP contribution >= 0.6 is 0 Å². The van der Waals surface area contributed by atoms with Crippen molar-refractivity contribution in [1.29, 1.82) is 0 Å². The van der Waals surface area contributed by atoms with Crippen LogP contribution in [0, 0.1) is 0 Å². The van der Waals surface area contributed by atoms with Gasteiger partial charge in [0.2, 0.25) is 0 Å². The van der Waals surface area contributed by atoms with Gasteiger partial charge in [-0.25, -0.2) is 0 Å². The first-order valence-electron chi connectivity index (χ1n) is 6.06. The van der Waals surface area contributed by atoms with E-state index in [4.69, 9.17) is 5.73 Å². The standard InChI is InChI=1S/C15H20N2/c1-17(2)11-10-15(16)14-9-5-7-12-6-3-4-8-13(12)14/h3-9,15H,10-11,16H2,1-2H3. The fraction of sp³-hybridized carbons (Fsp3) is 0.333. The Bertz CT molecular complexity index is 486. The second-order valence-electron chi connectivity index (χ2n) is 4.77. The molecule has 0 radical (unpaired) electrons. The summed E-state index contributed by atoms with van der Waals surface area (Å²) in [6, 6.07) is 14.9. The van der Waals surface area contributed by atoms with Crippen LogP contribution in [0.1, 0.15) is 18.0 Å². The Morgan fingerprint density at radius 1 is 1.06 bits per heavy atom. The molecule has 0 aliphatic heterocycles. The minimum atomic E-state index is 0.114. The van der Waals surface area contributed by atoms with Crippen LogP contribution in [0.15, 0.2) is 42.5 Å². The van der Waals surface area contributed by atoms with Crippen LogP contribution in [0.25, 0.3) is 10.8 Å². The van der Waals surface area contributed by atoms with Crippen LogP contribution in [-0.2, 0) is 0 Å². The van der Waals surface area contributed by atoms with Gasteiger partial charge in [0, 0.05) is 6.04 Å². The monoisotopic (exact) mass is 228 g/mol. The van der Waals surface area contributed by atoms with Gasteiger partial charge in [-0.15, -0.1) is 0 Å². The van der Waals surface area contributed by atoms with Crippen molar-refractivity contribution in [3.8, 4) is 0 Å². The summed E-state index contributed by atoms with van der Waals surface area (Å²) in [5.74, 6) is 0. The third-order valence-electron chi connectivity index (χ3n) is 3.11. The molecule has 0 aliphatic carbocycles. The Labute approximate surface area is 103 Å². The van der Waals surface area contributed by atoms with Crippen LogP contribution in [0.3, 0.4) is 0 Å². The highest BCUT2D eigenvalue weighted by Gasteiger charge is 2.09. The fourth-order valence-electron chi connectivity index (χ4n) is 2.13. The minimum Gasteiger partial charge on any atom is -0.324 e. The molecule has 0 amide bonds. The summed E-state index contributed by atoms with van der Waals surface area (Å²) in [5.41, 5.74) is 7.54. The maximum Gasteiger partial charge on any atom is 0.0313 e. The number of rotatable bonds is 4. The Balaban J connectivity index is 2.28. The van der Waals surface area contributed by atoms with Crippen molar-refractivity contribution in [3.05, 3.63) is 48.0 Å². The molecule has 2 nitrogen and oxygen atoms in total. The third-order valence-corrected chi connectivity index (χ3v) is 3.11. The molecule has 2 rings (SSSR count). The van der Waals surface area contributed by atoms with Gasteiger partial charge in [-0.2, -0.15) is 0 Å². The molecule has 0 saturated heterocycles. The second-order valence-corrected chi connectivity index (χ2v) is 4.77. The number of hydrogen-bond acceptors (Lipinski definition) is 2. The molecule has 17 heavy (non-hydrogen) atoms. The molecular formula is C15H20N2. The molecule has 0 saturated carbocycles. The Morgan fingerprint density at radius 2 is 1.76 bits per heavy atom. The molecule has 0 aliphatic rings. The normalized spacial score (nSPS) is 13.2. The van der Waals surface area contributed by atoms with Gasteiger partial charge in [-0.1, -0.05) is 42.5 Å². The van der Waals surface area contributed by atoms with Crippen LogP contribution < -0.4 is 5.73 Å². The van der Waals surface area contributed by atoms with Gasteiger partial charge in [-0.3, -0.25) is 0 Å². The number of nitrogens with zero attached hydrogens (tertiary/aromatic N) is 1. The van der Waals surface area contributed by atoms with E-state index in [1.165, 1.54) is 16.3 Å². The first-order valence-corrected chi connectivity index (χ1v) is 6.06. The fourth-order valence-corrected chi connectivity index (χ4v) is 2.13. The molecule has 2 aromatic rings. The smallest absolute Gasteiger partial charge is 0.0313 e. The first kappa shape index (κ1) is 12.1. The van der Waals surface area contributed by atoms with Crippen LogP contribution in [0.5, 0.6) is 0 Å². The molecule has 90 valence electrons. The molecule has 2 aromatic carbocycles. The maximum atomic E-state index is 6.28. The van der Waals surface area contributed by atoms with E-state index in [1.54, 1.807) is 0 Å². The number of benzene rings is 2. The minimum absolute atomic E-state index is 0.114. The molecule has 0 bridgehead atoms. The lowest BCUT2D eigenvalue weighted by molar-refractivity contribution is 0.383. The van der Waals surface area contributed by atoms with Gasteiger partial charge in [-0.05, 0) is 43.4 Å². The second kappa shape index (κ2) is 5.30. The zero-order valence-electron chi connectivity index (χ0n) is 10.6. The van der Waals surface area contributed by atoms with Crippen LogP contribution in [0.4, 0.5) is 0 Å². The Kier molecular flexibility index (Phi) is 3.77. The Morgan fingerprint density at radius 3 is 2.53 bits per heavy atom. The summed E-state index contributed by atoms with van der Waals surface area (Å²) in [4.78, 5) is 2.17. The van der Waals surface area contributed by atoms with Crippen molar-refractivity contribution in [2.45, 2.75) is 12.5 Å². The Hall–Kier alpha value is -1.38. The van der Waals surface area contributed by atoms with E-state index < -0.39 is 0 Å². The number of fused-ring (bicyclic) bond motifs is 1. The lowest BCUT2D eigenvalue weighted by Crippen LogP contribution is -2.20. The SMILES string of the molecule is CN(C)CCC(N)c1cccc2ccccc12. The van der Waals surface area contributed by atoms with Gasteiger partial charge in [0.1, 0.15) is 0 Å². The van der Waals surface area contributed by atoms with E-state index in [-0.39, 0.29) is 6.04 Å². The van der Waals surface area contributed by atoms with Gasteiger partial charge in [0.15, 0.2) is 0 Å². The van der Waals surface area contributed by atoms with Crippen LogP contribution in [-0.4, -0.2) is 25.5 Å². The lowest BCUT2D eigenvalue weighted by Gasteiger charge is -2.17. The summed E-state index contributed by atoms with van der Waals surface area (Å²) in [6.07, 6.45) is 0.987. The number of nitrogens with two attached hydrogens (primary N) is 1. The van der Waals surface area contributed by atoms with Crippen molar-refractivity contribution < 1.29 is 0 Å². The highest BCUT2D eigenvalue weighted by molar-refractivity contribution is 5.86. The molecule has 0 spiro atoms. The largest absolute Gasteiger partial charge is 0.324 e. The first-order chi connectivity index (χ1) is 8.18. The molecule has 2 heteroatoms. The molecule has 2 N–H and O–H groups in total. The summed E-state index contributed by atoms with van der Waals surface area (Å²) >= 11 is 0. The van der Waals surface area contributed by atoms with Crippen molar-refractivity contribution in [3.63, 3.8) is 0 Å². The number of hydrogen-bond donors (Lipinski definition) is 1. The quantitative estimate of drug-likeness (QED) is 0.872. The average Bonchev–Trinajstić information content (AvgIpc) is 2.35. The van der Waals surface area contributed by atoms with Crippen molar-refractivity contribution in [2.24, 2.45) is 5.73 Å². The summed E-state index contributed by atoms with van der Waals surface area (Å²) in [7, 11) is 4.16. The van der Waals surface area contributed by atoms with Crippen molar-refractivity contribution in [2.75, 3.05) is 20.6 Å². The van der Waals surface area contributed by atoms with E-state index >= 15 is 0 Å². The maximum absolute atomic E-state index is 6.28. The highest BCUT2D eigenvalue weighted by Crippen LogP contribution is 2.24. The van der Waals surface area contributed by atoms with Gasteiger partial charge in [0.25, 0.3) is 0 Å². The lowest BCUT2D eigenvalue weighted by atomic mass is 9.97. The van der Waals surface area contributed by atoms with Crippen molar-refractivity contribution in [1.82, 2.24) is 4.90 Å². The van der Waals surface area contributed by atoms with Gasteiger partial charge < -0.3 is 10.6 Å². The van der Waals surface area contributed by atoms with Gasteiger partial charge >= 0.3 is 0 Å².